The molecule has 1 heteroatoms. The van der Waals surface area contributed by atoms with Crippen molar-refractivity contribution in [1.29, 1.82) is 0 Å². The fourth-order valence-electron chi connectivity index (χ4n) is 3.03. The molecule has 1 aromatic rings. The quantitative estimate of drug-likeness (QED) is 0.776. The lowest BCUT2D eigenvalue weighted by molar-refractivity contribution is 0.0244. The molecule has 0 aliphatic heterocycles. The highest BCUT2D eigenvalue weighted by Crippen LogP contribution is 2.32. The van der Waals surface area contributed by atoms with Crippen LogP contribution >= 0.6 is 0 Å². The third kappa shape index (κ3) is 3.35. The van der Waals surface area contributed by atoms with E-state index in [0.717, 1.165) is 25.2 Å². The number of benzene rings is 1. The molecule has 1 saturated carbocycles. The van der Waals surface area contributed by atoms with Crippen LogP contribution in [-0.2, 0) is 6.42 Å². The van der Waals surface area contributed by atoms with Gasteiger partial charge in [-0.15, -0.1) is 0 Å². The zero-order chi connectivity index (χ0) is 13.2. The normalized spacial score (nSPS) is 29.0. The second kappa shape index (κ2) is 5.44. The summed E-state index contributed by atoms with van der Waals surface area (Å²) in [6.45, 7) is 6.60. The third-order valence-corrected chi connectivity index (χ3v) is 4.55. The van der Waals surface area contributed by atoms with Gasteiger partial charge >= 0.3 is 0 Å². The summed E-state index contributed by atoms with van der Waals surface area (Å²) in [5.41, 5.74) is 3.49. The number of hydrogen-bond acceptors (Lipinski definition) is 1. The Morgan fingerprint density at radius 1 is 1.17 bits per heavy atom. The van der Waals surface area contributed by atoms with Gasteiger partial charge < -0.3 is 5.11 Å². The fraction of sp³-hybridized carbons (Fsp3) is 0.647. The molecule has 0 bridgehead atoms. The zero-order valence-electron chi connectivity index (χ0n) is 12.0. The van der Waals surface area contributed by atoms with Gasteiger partial charge in [0.2, 0.25) is 0 Å². The fourth-order valence-corrected chi connectivity index (χ4v) is 3.03. The first-order valence-corrected chi connectivity index (χ1v) is 7.27. The highest BCUT2D eigenvalue weighted by molar-refractivity contribution is 5.30. The van der Waals surface area contributed by atoms with Crippen molar-refractivity contribution in [2.45, 2.75) is 64.9 Å². The summed E-state index contributed by atoms with van der Waals surface area (Å²) < 4.78 is 0. The van der Waals surface area contributed by atoms with E-state index in [2.05, 4.69) is 39.0 Å². The van der Waals surface area contributed by atoms with Crippen LogP contribution < -0.4 is 0 Å². The monoisotopic (exact) mass is 246 g/mol. The van der Waals surface area contributed by atoms with E-state index in [0.29, 0.717) is 0 Å². The minimum atomic E-state index is -0.466. The van der Waals surface area contributed by atoms with Crippen LogP contribution in [0.1, 0.15) is 55.7 Å². The van der Waals surface area contributed by atoms with Crippen molar-refractivity contribution in [3.8, 4) is 0 Å². The molecular weight excluding hydrogens is 220 g/mol. The molecule has 1 nitrogen and oxygen atoms in total. The van der Waals surface area contributed by atoms with Crippen LogP contribution in [0.2, 0.25) is 0 Å². The number of aliphatic hydroxyl groups is 1. The molecule has 1 aromatic carbocycles. The van der Waals surface area contributed by atoms with Crippen molar-refractivity contribution < 1.29 is 5.11 Å². The maximum Gasteiger partial charge on any atom is 0.0688 e. The molecule has 1 N–H and O–H groups in total. The Balaban J connectivity index is 2.09. The zero-order valence-corrected chi connectivity index (χ0v) is 12.0. The smallest absolute Gasteiger partial charge is 0.0688 e. The topological polar surface area (TPSA) is 20.2 Å². The maximum atomic E-state index is 10.8. The summed E-state index contributed by atoms with van der Waals surface area (Å²) in [6.07, 6.45) is 6.35. The molecule has 0 aromatic heterocycles. The van der Waals surface area contributed by atoms with Gasteiger partial charge in [0.15, 0.2) is 0 Å². The first kappa shape index (κ1) is 13.6. The van der Waals surface area contributed by atoms with Crippen LogP contribution in [0.5, 0.6) is 0 Å². The molecule has 0 saturated heterocycles. The van der Waals surface area contributed by atoms with E-state index in [4.69, 9.17) is 0 Å². The highest BCUT2D eigenvalue weighted by atomic mass is 16.3. The summed E-state index contributed by atoms with van der Waals surface area (Å²) >= 11 is 0. The Morgan fingerprint density at radius 3 is 2.67 bits per heavy atom. The first-order chi connectivity index (χ1) is 8.48. The minimum Gasteiger partial charge on any atom is -0.390 e. The number of hydrogen-bond donors (Lipinski definition) is 1. The van der Waals surface area contributed by atoms with Gasteiger partial charge in [-0.05, 0) is 55.7 Å². The Morgan fingerprint density at radius 2 is 1.94 bits per heavy atom. The van der Waals surface area contributed by atoms with Gasteiger partial charge in [0.25, 0.3) is 0 Å². The molecule has 0 heterocycles. The van der Waals surface area contributed by atoms with Gasteiger partial charge in [-0.1, -0.05) is 38.0 Å². The van der Waals surface area contributed by atoms with Crippen molar-refractivity contribution in [3.63, 3.8) is 0 Å². The first-order valence-electron chi connectivity index (χ1n) is 7.27. The van der Waals surface area contributed by atoms with Crippen LogP contribution in [0.15, 0.2) is 18.2 Å². The van der Waals surface area contributed by atoms with Gasteiger partial charge in [0.1, 0.15) is 0 Å². The lowest BCUT2D eigenvalue weighted by Gasteiger charge is -2.27. The third-order valence-electron chi connectivity index (χ3n) is 4.55. The number of aryl methyl sites for hydroxylation is 2. The van der Waals surface area contributed by atoms with E-state index in [1.54, 1.807) is 0 Å². The lowest BCUT2D eigenvalue weighted by Crippen LogP contribution is -2.30. The van der Waals surface area contributed by atoms with Crippen molar-refractivity contribution >= 4 is 0 Å². The average Bonchev–Trinajstić information content (AvgIpc) is 2.47. The summed E-state index contributed by atoms with van der Waals surface area (Å²) in [5, 5.41) is 10.8. The second-order valence-corrected chi connectivity index (χ2v) is 6.36. The van der Waals surface area contributed by atoms with Crippen LogP contribution in [0.3, 0.4) is 0 Å². The van der Waals surface area contributed by atoms with E-state index in [-0.39, 0.29) is 0 Å². The largest absolute Gasteiger partial charge is 0.390 e. The van der Waals surface area contributed by atoms with E-state index in [9.17, 15) is 5.11 Å². The standard InChI is InChI=1S/C17H26O/c1-13-5-4-9-17(18,10-8-13)12-16-7-6-14(2)15(3)11-16/h6-7,11,13,18H,4-5,8-10,12H2,1-3H3. The van der Waals surface area contributed by atoms with Crippen molar-refractivity contribution in [1.82, 2.24) is 0 Å². The molecule has 0 amide bonds. The maximum absolute atomic E-state index is 10.8. The van der Waals surface area contributed by atoms with Crippen molar-refractivity contribution in [2.24, 2.45) is 5.92 Å². The molecule has 18 heavy (non-hydrogen) atoms. The Bertz CT molecular complexity index is 410. The molecule has 1 fully saturated rings. The molecule has 2 unspecified atom stereocenters. The van der Waals surface area contributed by atoms with E-state index in [1.807, 2.05) is 0 Å². The molecular formula is C17H26O. The average molecular weight is 246 g/mol. The van der Waals surface area contributed by atoms with Gasteiger partial charge in [-0.25, -0.2) is 0 Å². The molecule has 0 radical (unpaired) electrons. The SMILES string of the molecule is Cc1ccc(CC2(O)CCCC(C)CC2)cc1C. The van der Waals surface area contributed by atoms with Gasteiger partial charge in [-0.2, -0.15) is 0 Å². The molecule has 2 rings (SSSR count). The van der Waals surface area contributed by atoms with E-state index >= 15 is 0 Å². The van der Waals surface area contributed by atoms with Gasteiger partial charge in [-0.3, -0.25) is 0 Å². The molecule has 2 atom stereocenters. The van der Waals surface area contributed by atoms with E-state index < -0.39 is 5.60 Å². The molecule has 100 valence electrons. The molecule has 1 aliphatic rings. The Kier molecular flexibility index (Phi) is 4.11. The predicted molar refractivity (Wildman–Crippen MR) is 76.8 cm³/mol. The number of rotatable bonds is 2. The lowest BCUT2D eigenvalue weighted by atomic mass is 9.86. The summed E-state index contributed by atoms with van der Waals surface area (Å²) in [4.78, 5) is 0. The van der Waals surface area contributed by atoms with Crippen LogP contribution in [0.25, 0.3) is 0 Å². The Hall–Kier alpha value is -0.820. The second-order valence-electron chi connectivity index (χ2n) is 6.36. The van der Waals surface area contributed by atoms with Crippen molar-refractivity contribution in [2.75, 3.05) is 0 Å². The van der Waals surface area contributed by atoms with Crippen LogP contribution in [0.4, 0.5) is 0 Å². The predicted octanol–water partition coefficient (Wildman–Crippen LogP) is 4.18. The summed E-state index contributed by atoms with van der Waals surface area (Å²) in [7, 11) is 0. The molecule has 1 aliphatic carbocycles. The van der Waals surface area contributed by atoms with E-state index in [1.165, 1.54) is 36.0 Å². The van der Waals surface area contributed by atoms with Crippen LogP contribution in [0, 0.1) is 19.8 Å². The van der Waals surface area contributed by atoms with Crippen LogP contribution in [-0.4, -0.2) is 10.7 Å². The molecule has 0 spiro atoms. The highest BCUT2D eigenvalue weighted by Gasteiger charge is 2.29. The summed E-state index contributed by atoms with van der Waals surface area (Å²) in [5.74, 6) is 0.777. The van der Waals surface area contributed by atoms with Gasteiger partial charge in [0, 0.05) is 6.42 Å². The minimum absolute atomic E-state index is 0.466. The van der Waals surface area contributed by atoms with Gasteiger partial charge in [0.05, 0.1) is 5.60 Å². The van der Waals surface area contributed by atoms with Crippen molar-refractivity contribution in [3.05, 3.63) is 34.9 Å². The summed E-state index contributed by atoms with van der Waals surface area (Å²) in [6, 6.07) is 6.59. The Labute approximate surface area is 111 Å².